The number of aryl methyl sites for hydroxylation is 1. The van der Waals surface area contributed by atoms with Gasteiger partial charge in [-0.05, 0) is 47.6 Å². The molecule has 1 aliphatic rings. The molecule has 3 rings (SSSR count). The summed E-state index contributed by atoms with van der Waals surface area (Å²) < 4.78 is 0. The van der Waals surface area contributed by atoms with Crippen LogP contribution in [0, 0.1) is 0 Å². The fraction of sp³-hybridized carbons (Fsp3) is 0.294. The van der Waals surface area contributed by atoms with Crippen molar-refractivity contribution in [3.8, 4) is 0 Å². The van der Waals surface area contributed by atoms with E-state index >= 15 is 0 Å². The van der Waals surface area contributed by atoms with Crippen molar-refractivity contribution in [2.24, 2.45) is 0 Å². The van der Waals surface area contributed by atoms with Crippen molar-refractivity contribution in [2.75, 3.05) is 5.32 Å². The maximum Gasteiger partial charge on any atom is 0.0419 e. The number of rotatable bonds is 1. The molecule has 1 heterocycles. The highest BCUT2D eigenvalue weighted by atomic mass is 14.9. The van der Waals surface area contributed by atoms with Gasteiger partial charge in [-0.3, -0.25) is 0 Å². The number of hydrogen-bond donors (Lipinski definition) is 1. The van der Waals surface area contributed by atoms with Crippen LogP contribution in [-0.4, -0.2) is 0 Å². The van der Waals surface area contributed by atoms with Crippen molar-refractivity contribution in [3.05, 3.63) is 59.2 Å². The minimum Gasteiger partial charge on any atom is -0.355 e. The monoisotopic (exact) mass is 237 g/mol. The van der Waals surface area contributed by atoms with Crippen molar-refractivity contribution >= 4 is 11.4 Å². The Hall–Kier alpha value is -1.76. The van der Waals surface area contributed by atoms with Crippen LogP contribution in [0.1, 0.15) is 36.5 Å². The second-order valence-corrected chi connectivity index (χ2v) is 5.31. The molecular weight excluding hydrogens is 218 g/mol. The minimum absolute atomic E-state index is 0.586. The summed E-state index contributed by atoms with van der Waals surface area (Å²) in [6.45, 7) is 4.54. The van der Waals surface area contributed by atoms with E-state index in [9.17, 15) is 0 Å². The van der Waals surface area contributed by atoms with Crippen molar-refractivity contribution in [3.63, 3.8) is 0 Å². The Morgan fingerprint density at radius 2 is 1.67 bits per heavy atom. The Bertz CT molecular complexity index is 570. The standard InChI is InChI=1S/C17H19N/c1-12(2)14-7-5-9-17-15(14)11-10-13-6-3-4-8-16(13)18-17/h3-9,12,18H,10-11H2,1-2H3. The van der Waals surface area contributed by atoms with Crippen LogP contribution in [-0.2, 0) is 12.8 Å². The fourth-order valence-corrected chi connectivity index (χ4v) is 2.81. The molecule has 0 amide bonds. The quantitative estimate of drug-likeness (QED) is 0.761. The van der Waals surface area contributed by atoms with Crippen molar-refractivity contribution in [1.82, 2.24) is 0 Å². The predicted octanol–water partition coefficient (Wildman–Crippen LogP) is 4.65. The SMILES string of the molecule is CC(C)c1cccc2c1CCc1ccccc1N2. The Kier molecular flexibility index (Phi) is 2.83. The first-order valence-electron chi connectivity index (χ1n) is 6.72. The van der Waals surface area contributed by atoms with E-state index in [2.05, 4.69) is 61.6 Å². The molecule has 2 aromatic rings. The summed E-state index contributed by atoms with van der Waals surface area (Å²) in [7, 11) is 0. The summed E-state index contributed by atoms with van der Waals surface area (Å²) in [5, 5.41) is 3.60. The van der Waals surface area contributed by atoms with Crippen LogP contribution < -0.4 is 5.32 Å². The van der Waals surface area contributed by atoms with Crippen molar-refractivity contribution in [1.29, 1.82) is 0 Å². The molecule has 1 heteroatoms. The third-order valence-electron chi connectivity index (χ3n) is 3.77. The lowest BCUT2D eigenvalue weighted by Gasteiger charge is -2.15. The number of benzene rings is 2. The summed E-state index contributed by atoms with van der Waals surface area (Å²) in [4.78, 5) is 0. The molecular formula is C17H19N. The van der Waals surface area contributed by atoms with Gasteiger partial charge in [-0.25, -0.2) is 0 Å². The van der Waals surface area contributed by atoms with E-state index < -0.39 is 0 Å². The number of fused-ring (bicyclic) bond motifs is 2. The van der Waals surface area contributed by atoms with E-state index in [1.807, 2.05) is 0 Å². The maximum atomic E-state index is 3.60. The van der Waals surface area contributed by atoms with Crippen LogP contribution in [0.4, 0.5) is 11.4 Å². The molecule has 0 spiro atoms. The van der Waals surface area contributed by atoms with Gasteiger partial charge in [0, 0.05) is 11.4 Å². The van der Waals surface area contributed by atoms with Gasteiger partial charge in [-0.15, -0.1) is 0 Å². The van der Waals surface area contributed by atoms with E-state index in [-0.39, 0.29) is 0 Å². The zero-order valence-electron chi connectivity index (χ0n) is 11.0. The second kappa shape index (κ2) is 4.49. The zero-order chi connectivity index (χ0) is 12.5. The fourth-order valence-electron chi connectivity index (χ4n) is 2.81. The van der Waals surface area contributed by atoms with Gasteiger partial charge < -0.3 is 5.32 Å². The first-order chi connectivity index (χ1) is 8.75. The largest absolute Gasteiger partial charge is 0.355 e. The molecule has 0 saturated heterocycles. The summed E-state index contributed by atoms with van der Waals surface area (Å²) in [5.41, 5.74) is 6.93. The topological polar surface area (TPSA) is 12.0 Å². The van der Waals surface area contributed by atoms with E-state index in [0.717, 1.165) is 12.8 Å². The van der Waals surface area contributed by atoms with Crippen molar-refractivity contribution in [2.45, 2.75) is 32.6 Å². The van der Waals surface area contributed by atoms with E-state index in [1.54, 1.807) is 0 Å². The van der Waals surface area contributed by atoms with Gasteiger partial charge in [0.25, 0.3) is 0 Å². The molecule has 0 atom stereocenters. The molecule has 18 heavy (non-hydrogen) atoms. The summed E-state index contributed by atoms with van der Waals surface area (Å²) >= 11 is 0. The van der Waals surface area contributed by atoms with Gasteiger partial charge in [0.1, 0.15) is 0 Å². The molecule has 0 fully saturated rings. The number of anilines is 2. The van der Waals surface area contributed by atoms with Gasteiger partial charge >= 0.3 is 0 Å². The average molecular weight is 237 g/mol. The van der Waals surface area contributed by atoms with Gasteiger partial charge in [0.15, 0.2) is 0 Å². The predicted molar refractivity (Wildman–Crippen MR) is 77.7 cm³/mol. The first-order valence-corrected chi connectivity index (χ1v) is 6.72. The molecule has 2 aromatic carbocycles. The second-order valence-electron chi connectivity index (χ2n) is 5.31. The van der Waals surface area contributed by atoms with Gasteiger partial charge in [0.05, 0.1) is 0 Å². The first kappa shape index (κ1) is 11.3. The lowest BCUT2D eigenvalue weighted by molar-refractivity contribution is 0.833. The number of hydrogen-bond acceptors (Lipinski definition) is 1. The van der Waals surface area contributed by atoms with Crippen LogP contribution in [0.3, 0.4) is 0 Å². The molecule has 0 bridgehead atoms. The van der Waals surface area contributed by atoms with Crippen LogP contribution in [0.25, 0.3) is 0 Å². The number of nitrogens with one attached hydrogen (secondary N) is 1. The number of para-hydroxylation sites is 1. The Labute approximate surface area is 109 Å². The van der Waals surface area contributed by atoms with Crippen LogP contribution >= 0.6 is 0 Å². The summed E-state index contributed by atoms with van der Waals surface area (Å²) in [5.74, 6) is 0.586. The Morgan fingerprint density at radius 3 is 2.50 bits per heavy atom. The molecule has 92 valence electrons. The third-order valence-corrected chi connectivity index (χ3v) is 3.77. The minimum atomic E-state index is 0.586. The molecule has 0 saturated carbocycles. The van der Waals surface area contributed by atoms with Gasteiger partial charge in [-0.1, -0.05) is 44.2 Å². The molecule has 0 aliphatic carbocycles. The van der Waals surface area contributed by atoms with E-state index in [4.69, 9.17) is 0 Å². The van der Waals surface area contributed by atoms with Gasteiger partial charge in [0.2, 0.25) is 0 Å². The molecule has 1 aliphatic heterocycles. The summed E-state index contributed by atoms with van der Waals surface area (Å²) in [6.07, 6.45) is 2.26. The highest BCUT2D eigenvalue weighted by Gasteiger charge is 2.16. The van der Waals surface area contributed by atoms with Gasteiger partial charge in [-0.2, -0.15) is 0 Å². The lowest BCUT2D eigenvalue weighted by Crippen LogP contribution is -2.00. The maximum absolute atomic E-state index is 3.60. The molecule has 0 aromatic heterocycles. The zero-order valence-corrected chi connectivity index (χ0v) is 11.0. The smallest absolute Gasteiger partial charge is 0.0419 e. The van der Waals surface area contributed by atoms with Crippen LogP contribution in [0.2, 0.25) is 0 Å². The molecule has 0 unspecified atom stereocenters. The lowest BCUT2D eigenvalue weighted by atomic mass is 9.93. The Balaban J connectivity index is 2.09. The average Bonchev–Trinajstić information content (AvgIpc) is 2.56. The molecule has 1 N–H and O–H groups in total. The highest BCUT2D eigenvalue weighted by Crippen LogP contribution is 2.34. The third kappa shape index (κ3) is 1.90. The van der Waals surface area contributed by atoms with Crippen LogP contribution in [0.15, 0.2) is 42.5 Å². The normalized spacial score (nSPS) is 13.5. The molecule has 1 nitrogen and oxygen atoms in total. The highest BCUT2D eigenvalue weighted by molar-refractivity contribution is 5.69. The Morgan fingerprint density at radius 1 is 0.889 bits per heavy atom. The van der Waals surface area contributed by atoms with E-state index in [0.29, 0.717) is 5.92 Å². The van der Waals surface area contributed by atoms with Crippen LogP contribution in [0.5, 0.6) is 0 Å². The summed E-state index contributed by atoms with van der Waals surface area (Å²) in [6, 6.07) is 15.2. The molecule has 0 radical (unpaired) electrons. The van der Waals surface area contributed by atoms with E-state index in [1.165, 1.54) is 28.1 Å². The van der Waals surface area contributed by atoms with Crippen molar-refractivity contribution < 1.29 is 0 Å².